The zero-order valence-corrected chi connectivity index (χ0v) is 14.0. The highest BCUT2D eigenvalue weighted by Gasteiger charge is 2.44. The lowest BCUT2D eigenvalue weighted by atomic mass is 9.95. The Morgan fingerprint density at radius 1 is 1.04 bits per heavy atom. The van der Waals surface area contributed by atoms with Crippen molar-refractivity contribution in [3.8, 4) is 11.5 Å². The van der Waals surface area contributed by atoms with Gasteiger partial charge in [-0.2, -0.15) is 0 Å². The summed E-state index contributed by atoms with van der Waals surface area (Å²) < 4.78 is 10.7. The number of rotatable bonds is 6. The summed E-state index contributed by atoms with van der Waals surface area (Å²) in [5.74, 6) is 1.43. The van der Waals surface area contributed by atoms with Crippen LogP contribution in [-0.2, 0) is 5.41 Å². The predicted molar refractivity (Wildman–Crippen MR) is 93.9 cm³/mol. The quantitative estimate of drug-likeness (QED) is 0.853. The number of para-hydroxylation sites is 1. The molecule has 24 heavy (non-hydrogen) atoms. The van der Waals surface area contributed by atoms with Crippen molar-refractivity contribution in [2.45, 2.75) is 18.3 Å². The number of methoxy groups -OCH3 is 2. The largest absolute Gasteiger partial charge is 0.493 e. The van der Waals surface area contributed by atoms with Crippen LogP contribution in [0.4, 0.5) is 10.5 Å². The van der Waals surface area contributed by atoms with Gasteiger partial charge in [0.2, 0.25) is 0 Å². The number of hydrogen-bond donors (Lipinski definition) is 2. The zero-order valence-electron chi connectivity index (χ0n) is 14.0. The van der Waals surface area contributed by atoms with Gasteiger partial charge in [-0.25, -0.2) is 4.79 Å². The fourth-order valence-corrected chi connectivity index (χ4v) is 2.83. The lowest BCUT2D eigenvalue weighted by molar-refractivity contribution is 0.251. The first kappa shape index (κ1) is 16.2. The summed E-state index contributed by atoms with van der Waals surface area (Å²) in [7, 11) is 3.26. The summed E-state index contributed by atoms with van der Waals surface area (Å²) in [6.45, 7) is 0.598. The SMILES string of the molecule is COc1ccc(C2(CNC(=O)Nc3ccccc3)CC2)cc1OC. The van der Waals surface area contributed by atoms with Crippen LogP contribution in [0.25, 0.3) is 0 Å². The Morgan fingerprint density at radius 3 is 2.38 bits per heavy atom. The number of urea groups is 1. The highest BCUT2D eigenvalue weighted by atomic mass is 16.5. The van der Waals surface area contributed by atoms with Gasteiger partial charge in [-0.3, -0.25) is 0 Å². The minimum absolute atomic E-state index is 0.00637. The van der Waals surface area contributed by atoms with Crippen LogP contribution < -0.4 is 20.1 Å². The summed E-state index contributed by atoms with van der Waals surface area (Å²) in [5.41, 5.74) is 1.94. The van der Waals surface area contributed by atoms with Crippen molar-refractivity contribution >= 4 is 11.7 Å². The van der Waals surface area contributed by atoms with Crippen LogP contribution in [0.15, 0.2) is 48.5 Å². The number of anilines is 1. The van der Waals surface area contributed by atoms with E-state index in [1.165, 1.54) is 5.56 Å². The van der Waals surface area contributed by atoms with E-state index in [1.807, 2.05) is 48.5 Å². The second-order valence-corrected chi connectivity index (χ2v) is 6.02. The number of ether oxygens (including phenoxy) is 2. The van der Waals surface area contributed by atoms with E-state index in [2.05, 4.69) is 10.6 Å². The van der Waals surface area contributed by atoms with Crippen molar-refractivity contribution in [2.75, 3.05) is 26.1 Å². The standard InChI is InChI=1S/C19H22N2O3/c1-23-16-9-8-14(12-17(16)24-2)19(10-11-19)13-20-18(22)21-15-6-4-3-5-7-15/h3-9,12H,10-11,13H2,1-2H3,(H2,20,21,22). The first-order valence-electron chi connectivity index (χ1n) is 7.99. The van der Waals surface area contributed by atoms with E-state index in [0.29, 0.717) is 12.3 Å². The Morgan fingerprint density at radius 2 is 1.75 bits per heavy atom. The maximum Gasteiger partial charge on any atom is 0.319 e. The molecule has 1 aliphatic rings. The fraction of sp³-hybridized carbons (Fsp3) is 0.316. The van der Waals surface area contributed by atoms with Crippen LogP contribution >= 0.6 is 0 Å². The zero-order chi connectivity index (χ0) is 17.0. The van der Waals surface area contributed by atoms with Gasteiger partial charge in [0.25, 0.3) is 0 Å². The average Bonchev–Trinajstić information content (AvgIpc) is 3.41. The van der Waals surface area contributed by atoms with E-state index < -0.39 is 0 Å². The average molecular weight is 326 g/mol. The molecular weight excluding hydrogens is 304 g/mol. The molecule has 0 aromatic heterocycles. The minimum Gasteiger partial charge on any atom is -0.493 e. The van der Waals surface area contributed by atoms with E-state index in [-0.39, 0.29) is 11.4 Å². The molecule has 126 valence electrons. The monoisotopic (exact) mass is 326 g/mol. The number of hydrogen-bond acceptors (Lipinski definition) is 3. The van der Waals surface area contributed by atoms with Gasteiger partial charge in [0.1, 0.15) is 0 Å². The first-order chi connectivity index (χ1) is 11.7. The van der Waals surface area contributed by atoms with Gasteiger partial charge in [0.05, 0.1) is 14.2 Å². The van der Waals surface area contributed by atoms with Crippen molar-refractivity contribution in [1.82, 2.24) is 5.32 Å². The molecule has 5 nitrogen and oxygen atoms in total. The van der Waals surface area contributed by atoms with Gasteiger partial charge in [0.15, 0.2) is 11.5 Å². The highest BCUT2D eigenvalue weighted by molar-refractivity contribution is 5.89. The Kier molecular flexibility index (Phi) is 4.60. The van der Waals surface area contributed by atoms with E-state index in [4.69, 9.17) is 9.47 Å². The minimum atomic E-state index is -0.187. The molecule has 1 saturated carbocycles. The number of benzene rings is 2. The molecule has 2 aromatic carbocycles. The normalized spacial score (nSPS) is 14.6. The van der Waals surface area contributed by atoms with Gasteiger partial charge in [-0.05, 0) is 42.7 Å². The molecule has 0 bridgehead atoms. The first-order valence-corrected chi connectivity index (χ1v) is 7.99. The Balaban J connectivity index is 1.63. The van der Waals surface area contributed by atoms with Crippen LogP contribution in [-0.4, -0.2) is 26.8 Å². The lowest BCUT2D eigenvalue weighted by Crippen LogP contribution is -2.35. The predicted octanol–water partition coefficient (Wildman–Crippen LogP) is 3.56. The van der Waals surface area contributed by atoms with E-state index in [9.17, 15) is 4.79 Å². The molecule has 0 saturated heterocycles. The fourth-order valence-electron chi connectivity index (χ4n) is 2.83. The third-order valence-corrected chi connectivity index (χ3v) is 4.47. The van der Waals surface area contributed by atoms with Gasteiger partial charge >= 0.3 is 6.03 Å². The van der Waals surface area contributed by atoms with E-state index >= 15 is 0 Å². The number of amides is 2. The van der Waals surface area contributed by atoms with Crippen molar-refractivity contribution in [3.63, 3.8) is 0 Å². The van der Waals surface area contributed by atoms with Gasteiger partial charge < -0.3 is 20.1 Å². The Hall–Kier alpha value is -2.69. The molecule has 0 aliphatic heterocycles. The van der Waals surface area contributed by atoms with Crippen molar-refractivity contribution in [3.05, 3.63) is 54.1 Å². The molecule has 5 heteroatoms. The van der Waals surface area contributed by atoms with Crippen molar-refractivity contribution in [1.29, 1.82) is 0 Å². The molecule has 0 atom stereocenters. The van der Waals surface area contributed by atoms with Crippen molar-refractivity contribution in [2.24, 2.45) is 0 Å². The topological polar surface area (TPSA) is 59.6 Å². The van der Waals surface area contributed by atoms with Crippen molar-refractivity contribution < 1.29 is 14.3 Å². The number of carbonyl (C=O) groups excluding carboxylic acids is 1. The van der Waals surface area contributed by atoms with Crippen LogP contribution in [0.5, 0.6) is 11.5 Å². The summed E-state index contributed by atoms with van der Waals surface area (Å²) in [4.78, 5) is 12.1. The molecule has 3 rings (SSSR count). The molecular formula is C19H22N2O3. The Bertz CT molecular complexity index is 712. The molecule has 0 unspecified atom stereocenters. The van der Waals surface area contributed by atoms with Gasteiger partial charge in [-0.15, -0.1) is 0 Å². The number of carbonyl (C=O) groups is 1. The smallest absolute Gasteiger partial charge is 0.319 e. The third-order valence-electron chi connectivity index (χ3n) is 4.47. The van der Waals surface area contributed by atoms with Crippen LogP contribution in [0.2, 0.25) is 0 Å². The molecule has 2 aromatic rings. The van der Waals surface area contributed by atoms with E-state index in [1.54, 1.807) is 14.2 Å². The second kappa shape index (κ2) is 6.83. The molecule has 1 aliphatic carbocycles. The molecule has 0 heterocycles. The summed E-state index contributed by atoms with van der Waals surface area (Å²) in [6.07, 6.45) is 2.10. The third kappa shape index (κ3) is 3.45. The summed E-state index contributed by atoms with van der Waals surface area (Å²) >= 11 is 0. The van der Waals surface area contributed by atoms with Crippen LogP contribution in [0, 0.1) is 0 Å². The highest BCUT2D eigenvalue weighted by Crippen LogP contribution is 2.49. The second-order valence-electron chi connectivity index (χ2n) is 6.02. The number of nitrogens with one attached hydrogen (secondary N) is 2. The maximum atomic E-state index is 12.1. The molecule has 0 radical (unpaired) electrons. The van der Waals surface area contributed by atoms with Gasteiger partial charge in [0, 0.05) is 17.6 Å². The summed E-state index contributed by atoms with van der Waals surface area (Å²) in [6, 6.07) is 15.2. The van der Waals surface area contributed by atoms with Gasteiger partial charge in [-0.1, -0.05) is 24.3 Å². The molecule has 1 fully saturated rings. The Labute approximate surface area is 142 Å². The molecule has 0 spiro atoms. The molecule has 2 amide bonds. The molecule has 2 N–H and O–H groups in total. The van der Waals surface area contributed by atoms with E-state index in [0.717, 1.165) is 24.3 Å². The maximum absolute atomic E-state index is 12.1. The lowest BCUT2D eigenvalue weighted by Gasteiger charge is -2.19. The van der Waals surface area contributed by atoms with Crippen LogP contribution in [0.3, 0.4) is 0 Å². The van der Waals surface area contributed by atoms with Crippen LogP contribution in [0.1, 0.15) is 18.4 Å². The summed E-state index contributed by atoms with van der Waals surface area (Å²) in [5, 5.41) is 5.82.